The van der Waals surface area contributed by atoms with Crippen molar-refractivity contribution in [3.63, 3.8) is 0 Å². The second kappa shape index (κ2) is 8.71. The smallest absolute Gasteiger partial charge is 0.253 e. The van der Waals surface area contributed by atoms with Gasteiger partial charge in [0.05, 0.1) is 17.8 Å². The predicted octanol–water partition coefficient (Wildman–Crippen LogP) is 4.55. The minimum Gasteiger partial charge on any atom is -0.346 e. The van der Waals surface area contributed by atoms with Crippen LogP contribution >= 0.6 is 0 Å². The topological polar surface area (TPSA) is 82.7 Å². The van der Waals surface area contributed by atoms with Crippen molar-refractivity contribution in [2.75, 3.05) is 6.54 Å². The van der Waals surface area contributed by atoms with Gasteiger partial charge in [0.15, 0.2) is 0 Å². The first-order chi connectivity index (χ1) is 15.6. The van der Waals surface area contributed by atoms with Crippen LogP contribution in [0.4, 0.5) is 0 Å². The van der Waals surface area contributed by atoms with Crippen molar-refractivity contribution < 1.29 is 4.79 Å². The summed E-state index contributed by atoms with van der Waals surface area (Å²) in [5, 5.41) is 9.87. The van der Waals surface area contributed by atoms with Gasteiger partial charge in [0.1, 0.15) is 5.65 Å². The Morgan fingerprint density at radius 3 is 2.81 bits per heavy atom. The van der Waals surface area contributed by atoms with E-state index in [1.807, 2.05) is 26.1 Å². The van der Waals surface area contributed by atoms with Gasteiger partial charge in [-0.25, -0.2) is 4.98 Å². The Labute approximate surface area is 187 Å². The lowest BCUT2D eigenvalue weighted by molar-refractivity contribution is 0.0950. The van der Waals surface area contributed by atoms with Crippen molar-refractivity contribution >= 4 is 27.7 Å². The minimum atomic E-state index is -0.145. The third-order valence-corrected chi connectivity index (χ3v) is 6.56. The average molecular weight is 428 g/mol. The van der Waals surface area contributed by atoms with E-state index in [4.69, 9.17) is 4.98 Å². The third-order valence-electron chi connectivity index (χ3n) is 6.56. The Hall–Kier alpha value is -3.25. The molecule has 1 fully saturated rings. The Balaban J connectivity index is 1.28. The lowest BCUT2D eigenvalue weighted by Crippen LogP contribution is -2.26. The molecule has 3 aromatic heterocycles. The Kier molecular flexibility index (Phi) is 5.62. The van der Waals surface area contributed by atoms with Gasteiger partial charge < -0.3 is 15.6 Å². The van der Waals surface area contributed by atoms with E-state index in [0.29, 0.717) is 12.1 Å². The Morgan fingerprint density at radius 1 is 1.12 bits per heavy atom. The number of aromatic amines is 1. The van der Waals surface area contributed by atoms with Crippen LogP contribution in [-0.2, 0) is 13.1 Å². The van der Waals surface area contributed by atoms with Gasteiger partial charge in [-0.2, -0.15) is 0 Å². The molecule has 0 spiro atoms. The van der Waals surface area contributed by atoms with Crippen LogP contribution in [0.3, 0.4) is 0 Å². The first-order valence-corrected chi connectivity index (χ1v) is 11.4. The molecule has 5 rings (SSSR count). The highest BCUT2D eigenvalue weighted by atomic mass is 16.1. The van der Waals surface area contributed by atoms with Crippen molar-refractivity contribution in [2.24, 2.45) is 5.92 Å². The molecule has 1 saturated carbocycles. The van der Waals surface area contributed by atoms with Gasteiger partial charge in [-0.1, -0.05) is 18.6 Å². The van der Waals surface area contributed by atoms with Crippen molar-refractivity contribution in [2.45, 2.75) is 46.2 Å². The largest absolute Gasteiger partial charge is 0.346 e. The summed E-state index contributed by atoms with van der Waals surface area (Å²) >= 11 is 0. The zero-order chi connectivity index (χ0) is 22.1. The van der Waals surface area contributed by atoms with Gasteiger partial charge in [0.25, 0.3) is 5.91 Å². The molecular formula is C26H29N5O. The number of aryl methyl sites for hydroxylation is 2. The molecule has 6 heteroatoms. The molecule has 3 heterocycles. The summed E-state index contributed by atoms with van der Waals surface area (Å²) in [5.74, 6) is 0.711. The summed E-state index contributed by atoms with van der Waals surface area (Å²) in [6.45, 7) is 6.39. The number of nitrogens with one attached hydrogen (secondary N) is 3. The molecule has 0 radical (unpaired) electrons. The number of benzene rings is 1. The number of H-pyrrole nitrogens is 1. The average Bonchev–Trinajstić information content (AvgIpc) is 3.13. The molecule has 164 valence electrons. The zero-order valence-electron chi connectivity index (χ0n) is 18.7. The molecule has 0 aliphatic heterocycles. The molecule has 4 aromatic rings. The molecule has 1 aliphatic carbocycles. The van der Waals surface area contributed by atoms with Gasteiger partial charge in [0, 0.05) is 35.4 Å². The SMILES string of the molecule is Cc1nc(CNC(=O)c2cnc3[nH]cc(C)c3c2)cc2cc(CNCC3CCC3)ccc12. The Bertz CT molecular complexity index is 1290. The van der Waals surface area contributed by atoms with Crippen molar-refractivity contribution in [3.8, 4) is 0 Å². The quantitative estimate of drug-likeness (QED) is 0.404. The first-order valence-electron chi connectivity index (χ1n) is 11.4. The standard InChI is InChI=1S/C26H29N5O/c1-16-11-28-25-24(16)10-21(14-29-25)26(32)30-15-22-9-20-8-19(6-7-23(20)17(2)31-22)13-27-12-18-4-3-5-18/h6-11,14,18,27H,3-5,12-13,15H2,1-2H3,(H,28,29)(H,30,32). The second-order valence-corrected chi connectivity index (χ2v) is 8.96. The number of hydrogen-bond acceptors (Lipinski definition) is 4. The number of hydrogen-bond donors (Lipinski definition) is 3. The van der Waals surface area contributed by atoms with Crippen LogP contribution in [0.2, 0.25) is 0 Å². The van der Waals surface area contributed by atoms with Crippen molar-refractivity contribution in [1.82, 2.24) is 25.6 Å². The number of nitrogens with zero attached hydrogens (tertiary/aromatic N) is 2. The van der Waals surface area contributed by atoms with Gasteiger partial charge in [-0.05, 0) is 73.9 Å². The summed E-state index contributed by atoms with van der Waals surface area (Å²) in [6, 6.07) is 10.5. The first kappa shape index (κ1) is 20.6. The summed E-state index contributed by atoms with van der Waals surface area (Å²) in [5.41, 5.74) is 5.54. The summed E-state index contributed by atoms with van der Waals surface area (Å²) in [4.78, 5) is 24.9. The van der Waals surface area contributed by atoms with Crippen molar-refractivity contribution in [1.29, 1.82) is 0 Å². The Morgan fingerprint density at radius 2 is 2.00 bits per heavy atom. The molecule has 0 atom stereocenters. The highest BCUT2D eigenvalue weighted by Crippen LogP contribution is 2.25. The van der Waals surface area contributed by atoms with Gasteiger partial charge in [-0.15, -0.1) is 0 Å². The zero-order valence-corrected chi connectivity index (χ0v) is 18.7. The molecule has 1 amide bonds. The molecule has 1 aromatic carbocycles. The highest BCUT2D eigenvalue weighted by molar-refractivity contribution is 5.97. The fourth-order valence-electron chi connectivity index (χ4n) is 4.40. The van der Waals surface area contributed by atoms with Gasteiger partial charge in [0.2, 0.25) is 0 Å². The van der Waals surface area contributed by atoms with E-state index in [1.54, 1.807) is 6.20 Å². The summed E-state index contributed by atoms with van der Waals surface area (Å²) < 4.78 is 0. The normalized spacial score (nSPS) is 14.1. The molecular weight excluding hydrogens is 398 g/mol. The van der Waals surface area contributed by atoms with Gasteiger partial charge in [-0.3, -0.25) is 9.78 Å². The lowest BCUT2D eigenvalue weighted by Gasteiger charge is -2.25. The monoisotopic (exact) mass is 427 g/mol. The molecule has 0 bridgehead atoms. The maximum absolute atomic E-state index is 12.7. The number of carbonyl (C=O) groups excluding carboxylic acids is 1. The molecule has 0 saturated heterocycles. The lowest BCUT2D eigenvalue weighted by atomic mass is 9.85. The number of pyridine rings is 2. The van der Waals surface area contributed by atoms with Crippen LogP contribution < -0.4 is 10.6 Å². The number of carbonyl (C=O) groups is 1. The van der Waals surface area contributed by atoms with Crippen LogP contribution in [0.15, 0.2) is 42.7 Å². The third kappa shape index (κ3) is 4.23. The summed E-state index contributed by atoms with van der Waals surface area (Å²) in [6.07, 6.45) is 7.61. The second-order valence-electron chi connectivity index (χ2n) is 8.96. The number of amides is 1. The van der Waals surface area contributed by atoms with Crippen LogP contribution in [0.1, 0.15) is 52.1 Å². The predicted molar refractivity (Wildman–Crippen MR) is 128 cm³/mol. The minimum absolute atomic E-state index is 0.145. The van der Waals surface area contributed by atoms with E-state index < -0.39 is 0 Å². The number of aromatic nitrogens is 3. The molecule has 6 nitrogen and oxygen atoms in total. The van der Waals surface area contributed by atoms with E-state index in [9.17, 15) is 4.79 Å². The molecule has 32 heavy (non-hydrogen) atoms. The van der Waals surface area contributed by atoms with E-state index in [1.165, 1.54) is 24.8 Å². The highest BCUT2D eigenvalue weighted by Gasteiger charge is 2.16. The van der Waals surface area contributed by atoms with Crippen LogP contribution in [0.25, 0.3) is 21.8 Å². The molecule has 1 aliphatic rings. The fraction of sp³-hybridized carbons (Fsp3) is 0.346. The number of fused-ring (bicyclic) bond motifs is 2. The summed E-state index contributed by atoms with van der Waals surface area (Å²) in [7, 11) is 0. The molecule has 0 unspecified atom stereocenters. The fourth-order valence-corrected chi connectivity index (χ4v) is 4.40. The van der Waals surface area contributed by atoms with Crippen LogP contribution in [0, 0.1) is 19.8 Å². The van der Waals surface area contributed by atoms with Crippen LogP contribution in [0.5, 0.6) is 0 Å². The number of rotatable bonds is 7. The molecule has 3 N–H and O–H groups in total. The van der Waals surface area contributed by atoms with E-state index >= 15 is 0 Å². The van der Waals surface area contributed by atoms with E-state index in [2.05, 4.69) is 44.9 Å². The van der Waals surface area contributed by atoms with E-state index in [0.717, 1.165) is 57.8 Å². The van der Waals surface area contributed by atoms with Crippen LogP contribution in [-0.4, -0.2) is 27.4 Å². The van der Waals surface area contributed by atoms with Gasteiger partial charge >= 0.3 is 0 Å². The maximum atomic E-state index is 12.7. The van der Waals surface area contributed by atoms with Crippen molar-refractivity contribution in [3.05, 3.63) is 70.8 Å². The van der Waals surface area contributed by atoms with E-state index in [-0.39, 0.29) is 5.91 Å². The maximum Gasteiger partial charge on any atom is 0.253 e.